The van der Waals surface area contributed by atoms with E-state index in [0.29, 0.717) is 43.0 Å². The van der Waals surface area contributed by atoms with E-state index in [9.17, 15) is 9.59 Å². The van der Waals surface area contributed by atoms with E-state index in [0.717, 1.165) is 35.6 Å². The number of pyridine rings is 1. The number of ether oxygens (including phenoxy) is 2. The first-order valence-electron chi connectivity index (χ1n) is 11.7. The van der Waals surface area contributed by atoms with Gasteiger partial charge in [-0.2, -0.15) is 0 Å². The second-order valence-electron chi connectivity index (χ2n) is 8.45. The van der Waals surface area contributed by atoms with Gasteiger partial charge in [0, 0.05) is 37.2 Å². The zero-order valence-corrected chi connectivity index (χ0v) is 19.8. The van der Waals surface area contributed by atoms with E-state index in [1.807, 2.05) is 43.6 Å². The topological polar surface area (TPSA) is 91.5 Å². The maximum atomic E-state index is 13.0. The molecule has 1 aliphatic heterocycles. The molecule has 0 radical (unpaired) electrons. The number of hydrogen-bond acceptors (Lipinski definition) is 7. The van der Waals surface area contributed by atoms with Crippen molar-refractivity contribution in [1.29, 1.82) is 0 Å². The lowest BCUT2D eigenvalue weighted by Crippen LogP contribution is -2.38. The number of morpholine rings is 1. The van der Waals surface area contributed by atoms with Crippen LogP contribution in [0.25, 0.3) is 22.2 Å². The summed E-state index contributed by atoms with van der Waals surface area (Å²) in [6.45, 7) is 5.31. The zero-order chi connectivity index (χ0) is 24.4. The minimum absolute atomic E-state index is 0.0235. The summed E-state index contributed by atoms with van der Waals surface area (Å²) in [4.78, 5) is 27.3. The Morgan fingerprint density at radius 1 is 1.11 bits per heavy atom. The van der Waals surface area contributed by atoms with Crippen molar-refractivity contribution in [3.05, 3.63) is 76.1 Å². The molecule has 1 fully saturated rings. The number of carbonyl (C=O) groups excluding carboxylic acids is 1. The summed E-state index contributed by atoms with van der Waals surface area (Å²) in [5.74, 6) is 0.516. The Morgan fingerprint density at radius 3 is 2.71 bits per heavy atom. The van der Waals surface area contributed by atoms with Gasteiger partial charge in [-0.1, -0.05) is 29.5 Å². The number of rotatable bonds is 6. The second-order valence-corrected chi connectivity index (χ2v) is 8.45. The highest BCUT2D eigenvalue weighted by Gasteiger charge is 2.19. The van der Waals surface area contributed by atoms with Crippen molar-refractivity contribution < 1.29 is 14.3 Å². The van der Waals surface area contributed by atoms with E-state index in [2.05, 4.69) is 19.8 Å². The van der Waals surface area contributed by atoms with Crippen molar-refractivity contribution in [2.75, 3.05) is 37.8 Å². The number of carbonyl (C=O) groups is 1. The van der Waals surface area contributed by atoms with Crippen molar-refractivity contribution in [2.45, 2.75) is 13.5 Å². The first-order chi connectivity index (χ1) is 17.0. The molecule has 4 aromatic rings. The van der Waals surface area contributed by atoms with Gasteiger partial charge in [0.05, 0.1) is 43.6 Å². The lowest BCUT2D eigenvalue weighted by molar-refractivity contribution is 0.0526. The van der Waals surface area contributed by atoms with E-state index >= 15 is 0 Å². The Morgan fingerprint density at radius 2 is 1.91 bits per heavy atom. The van der Waals surface area contributed by atoms with Gasteiger partial charge in [0.1, 0.15) is 11.5 Å². The van der Waals surface area contributed by atoms with Crippen LogP contribution in [-0.4, -0.2) is 58.4 Å². The van der Waals surface area contributed by atoms with Gasteiger partial charge in [-0.05, 0) is 30.7 Å². The Hall–Kier alpha value is -3.98. The Labute approximate surface area is 202 Å². The van der Waals surface area contributed by atoms with Crippen molar-refractivity contribution in [1.82, 2.24) is 19.6 Å². The molecule has 0 spiro atoms. The molecular formula is C26H27N5O4. The average molecular weight is 474 g/mol. The van der Waals surface area contributed by atoms with Crippen LogP contribution in [0.2, 0.25) is 0 Å². The van der Waals surface area contributed by atoms with Crippen LogP contribution in [0.4, 0.5) is 5.82 Å². The molecule has 0 aliphatic carbocycles. The van der Waals surface area contributed by atoms with E-state index < -0.39 is 0 Å². The maximum Gasteiger partial charge on any atom is 0.338 e. The smallest absolute Gasteiger partial charge is 0.338 e. The fourth-order valence-electron chi connectivity index (χ4n) is 4.51. The average Bonchev–Trinajstić information content (AvgIpc) is 3.35. The van der Waals surface area contributed by atoms with Gasteiger partial charge in [-0.15, -0.1) is 5.10 Å². The van der Waals surface area contributed by atoms with Gasteiger partial charge in [-0.3, -0.25) is 4.79 Å². The van der Waals surface area contributed by atoms with Crippen LogP contribution >= 0.6 is 0 Å². The Bertz CT molecular complexity index is 1440. The standard InChI is InChI=1S/C26H27N5O4/c1-3-35-26(33)19-7-4-6-18(14-19)16-31-17-22(27-28-31)20-8-5-9-21-23(32)15-24(29(2)25(20)21)30-10-12-34-13-11-30/h4-9,14-15,17H,3,10-13,16H2,1-2H3. The van der Waals surface area contributed by atoms with Crippen LogP contribution in [0.3, 0.4) is 0 Å². The fourth-order valence-corrected chi connectivity index (χ4v) is 4.51. The zero-order valence-electron chi connectivity index (χ0n) is 19.8. The number of aromatic nitrogens is 4. The first kappa shape index (κ1) is 22.8. The molecule has 35 heavy (non-hydrogen) atoms. The number of fused-ring (bicyclic) bond motifs is 1. The van der Waals surface area contributed by atoms with Crippen molar-refractivity contribution in [3.63, 3.8) is 0 Å². The van der Waals surface area contributed by atoms with Gasteiger partial charge in [0.15, 0.2) is 5.43 Å². The van der Waals surface area contributed by atoms with E-state index in [4.69, 9.17) is 9.47 Å². The van der Waals surface area contributed by atoms with E-state index in [-0.39, 0.29) is 11.4 Å². The Kier molecular flexibility index (Phi) is 6.33. The minimum Gasteiger partial charge on any atom is -0.462 e. The molecule has 0 N–H and O–H groups in total. The molecule has 9 heteroatoms. The number of nitrogens with zero attached hydrogens (tertiary/aromatic N) is 5. The number of para-hydroxylation sites is 1. The van der Waals surface area contributed by atoms with Crippen molar-refractivity contribution >= 4 is 22.7 Å². The minimum atomic E-state index is -0.346. The molecule has 2 aromatic carbocycles. The number of hydrogen-bond donors (Lipinski definition) is 0. The number of anilines is 1. The van der Waals surface area contributed by atoms with Gasteiger partial charge in [0.2, 0.25) is 0 Å². The predicted molar refractivity (Wildman–Crippen MR) is 133 cm³/mol. The molecule has 0 unspecified atom stereocenters. The quantitative estimate of drug-likeness (QED) is 0.398. The van der Waals surface area contributed by atoms with Gasteiger partial charge in [-0.25, -0.2) is 9.48 Å². The monoisotopic (exact) mass is 473 g/mol. The molecular weight excluding hydrogens is 446 g/mol. The van der Waals surface area contributed by atoms with Crippen LogP contribution in [0.5, 0.6) is 0 Å². The third kappa shape index (κ3) is 4.54. The predicted octanol–water partition coefficient (Wildman–Crippen LogP) is 2.86. The molecule has 9 nitrogen and oxygen atoms in total. The molecule has 1 aliphatic rings. The molecule has 0 bridgehead atoms. The summed E-state index contributed by atoms with van der Waals surface area (Å²) in [5, 5.41) is 9.35. The molecule has 3 heterocycles. The lowest BCUT2D eigenvalue weighted by atomic mass is 10.1. The number of esters is 1. The van der Waals surface area contributed by atoms with Gasteiger partial charge < -0.3 is 18.9 Å². The highest BCUT2D eigenvalue weighted by molar-refractivity contribution is 5.94. The Balaban J connectivity index is 1.50. The first-order valence-corrected chi connectivity index (χ1v) is 11.7. The lowest BCUT2D eigenvalue weighted by Gasteiger charge is -2.31. The molecule has 5 rings (SSSR count). The molecule has 180 valence electrons. The van der Waals surface area contributed by atoms with Crippen LogP contribution in [-0.2, 0) is 23.1 Å². The summed E-state index contributed by atoms with van der Waals surface area (Å²) in [7, 11) is 1.97. The molecule has 1 saturated heterocycles. The molecule has 0 amide bonds. The highest BCUT2D eigenvalue weighted by Crippen LogP contribution is 2.28. The van der Waals surface area contributed by atoms with Crippen LogP contribution in [0, 0.1) is 0 Å². The summed E-state index contributed by atoms with van der Waals surface area (Å²) < 4.78 is 14.4. The van der Waals surface area contributed by atoms with Crippen molar-refractivity contribution in [3.8, 4) is 11.3 Å². The second kappa shape index (κ2) is 9.71. The van der Waals surface area contributed by atoms with Crippen LogP contribution in [0.1, 0.15) is 22.8 Å². The summed E-state index contributed by atoms with van der Waals surface area (Å²) in [6, 6.07) is 14.7. The fraction of sp³-hybridized carbons (Fsp3) is 0.308. The number of benzene rings is 2. The summed E-state index contributed by atoms with van der Waals surface area (Å²) >= 11 is 0. The third-order valence-corrected chi connectivity index (χ3v) is 6.17. The van der Waals surface area contributed by atoms with Gasteiger partial charge >= 0.3 is 5.97 Å². The largest absolute Gasteiger partial charge is 0.462 e. The van der Waals surface area contributed by atoms with Gasteiger partial charge in [0.25, 0.3) is 0 Å². The van der Waals surface area contributed by atoms with E-state index in [1.54, 1.807) is 29.8 Å². The van der Waals surface area contributed by atoms with E-state index in [1.165, 1.54) is 0 Å². The summed E-state index contributed by atoms with van der Waals surface area (Å²) in [5.41, 5.74) is 3.72. The molecule has 2 aromatic heterocycles. The van der Waals surface area contributed by atoms with Crippen LogP contribution in [0.15, 0.2) is 59.5 Å². The number of aryl methyl sites for hydroxylation is 1. The third-order valence-electron chi connectivity index (χ3n) is 6.17. The normalized spacial score (nSPS) is 13.8. The molecule has 0 atom stereocenters. The SMILES string of the molecule is CCOC(=O)c1cccc(Cn2cc(-c3cccc4c(=O)cc(N5CCOCC5)n(C)c34)nn2)c1. The van der Waals surface area contributed by atoms with Crippen molar-refractivity contribution in [2.24, 2.45) is 7.05 Å². The van der Waals surface area contributed by atoms with Crippen LogP contribution < -0.4 is 10.3 Å². The molecule has 0 saturated carbocycles. The maximum absolute atomic E-state index is 13.0. The summed E-state index contributed by atoms with van der Waals surface area (Å²) in [6.07, 6.45) is 1.86. The highest BCUT2D eigenvalue weighted by atomic mass is 16.5.